The molecule has 0 aliphatic carbocycles. The zero-order valence-electron chi connectivity index (χ0n) is 8.27. The summed E-state index contributed by atoms with van der Waals surface area (Å²) in [7, 11) is 0. The highest BCUT2D eigenvalue weighted by Crippen LogP contribution is 1.93. The van der Waals surface area contributed by atoms with Crippen LogP contribution < -0.4 is 10.6 Å². The third-order valence-corrected chi connectivity index (χ3v) is 1.96. The molecule has 0 amide bonds. The second-order valence-electron chi connectivity index (χ2n) is 3.05. The Bertz CT molecular complexity index is 194. The van der Waals surface area contributed by atoms with E-state index in [0.717, 1.165) is 32.6 Å². The first-order chi connectivity index (χ1) is 6.43. The fraction of sp³-hybridized carbons (Fsp3) is 0.600. The van der Waals surface area contributed by atoms with Crippen LogP contribution in [0.5, 0.6) is 0 Å². The van der Waals surface area contributed by atoms with Gasteiger partial charge in [0.15, 0.2) is 0 Å². The van der Waals surface area contributed by atoms with Crippen LogP contribution in [0.1, 0.15) is 12.6 Å². The highest BCUT2D eigenvalue weighted by atomic mass is 14.9. The number of aromatic amines is 1. The van der Waals surface area contributed by atoms with Crippen LogP contribution in [0.25, 0.3) is 0 Å². The Morgan fingerprint density at radius 1 is 1.23 bits per heavy atom. The molecule has 3 nitrogen and oxygen atoms in total. The summed E-state index contributed by atoms with van der Waals surface area (Å²) in [5.74, 6) is 0. The predicted molar refractivity (Wildman–Crippen MR) is 55.9 cm³/mol. The number of likely N-dealkylation sites (N-methyl/N-ethyl adjacent to an activating group) is 1. The summed E-state index contributed by atoms with van der Waals surface area (Å²) in [4.78, 5) is 3.18. The van der Waals surface area contributed by atoms with Crippen LogP contribution in [0.15, 0.2) is 18.3 Å². The van der Waals surface area contributed by atoms with Gasteiger partial charge in [0.2, 0.25) is 0 Å². The molecule has 1 aromatic rings. The lowest BCUT2D eigenvalue weighted by molar-refractivity contribution is 0.622. The second kappa shape index (κ2) is 6.69. The van der Waals surface area contributed by atoms with Crippen molar-refractivity contribution < 1.29 is 0 Å². The van der Waals surface area contributed by atoms with Gasteiger partial charge in [-0.15, -0.1) is 0 Å². The molecule has 1 heterocycles. The van der Waals surface area contributed by atoms with E-state index >= 15 is 0 Å². The Labute approximate surface area is 79.9 Å². The highest BCUT2D eigenvalue weighted by Gasteiger charge is 1.91. The van der Waals surface area contributed by atoms with Crippen molar-refractivity contribution in [2.24, 2.45) is 0 Å². The van der Waals surface area contributed by atoms with Gasteiger partial charge < -0.3 is 15.6 Å². The zero-order chi connectivity index (χ0) is 9.36. The molecule has 0 aromatic carbocycles. The standard InChI is InChI=1S/C10H19N3/c1-2-11-8-9-12-7-5-10-4-3-6-13-10/h3-4,6,11-13H,2,5,7-9H2,1H3. The molecule has 13 heavy (non-hydrogen) atoms. The van der Waals surface area contributed by atoms with Gasteiger partial charge in [-0.2, -0.15) is 0 Å². The number of aromatic nitrogens is 1. The number of hydrogen-bond acceptors (Lipinski definition) is 2. The molecule has 0 fully saturated rings. The molecule has 0 unspecified atom stereocenters. The van der Waals surface area contributed by atoms with Crippen molar-refractivity contribution in [2.45, 2.75) is 13.3 Å². The lowest BCUT2D eigenvalue weighted by Gasteiger charge is -2.03. The van der Waals surface area contributed by atoms with Crippen LogP contribution in [-0.2, 0) is 6.42 Å². The predicted octanol–water partition coefficient (Wildman–Crippen LogP) is 0.756. The molecule has 1 rings (SSSR count). The summed E-state index contributed by atoms with van der Waals surface area (Å²) in [6, 6.07) is 4.15. The lowest BCUT2D eigenvalue weighted by atomic mass is 10.3. The Morgan fingerprint density at radius 3 is 2.77 bits per heavy atom. The summed E-state index contributed by atoms with van der Waals surface area (Å²) in [5.41, 5.74) is 1.30. The quantitative estimate of drug-likeness (QED) is 0.543. The number of H-pyrrole nitrogens is 1. The molecule has 0 aliphatic rings. The fourth-order valence-electron chi connectivity index (χ4n) is 1.22. The average molecular weight is 181 g/mol. The zero-order valence-corrected chi connectivity index (χ0v) is 8.27. The molecular formula is C10H19N3. The van der Waals surface area contributed by atoms with Gasteiger partial charge in [0.05, 0.1) is 0 Å². The van der Waals surface area contributed by atoms with Crippen molar-refractivity contribution in [3.05, 3.63) is 24.0 Å². The van der Waals surface area contributed by atoms with Crippen LogP contribution >= 0.6 is 0 Å². The highest BCUT2D eigenvalue weighted by molar-refractivity contribution is 5.03. The van der Waals surface area contributed by atoms with Crippen molar-refractivity contribution in [1.29, 1.82) is 0 Å². The van der Waals surface area contributed by atoms with Crippen molar-refractivity contribution in [1.82, 2.24) is 15.6 Å². The minimum Gasteiger partial charge on any atom is -0.365 e. The van der Waals surface area contributed by atoms with E-state index < -0.39 is 0 Å². The first-order valence-electron chi connectivity index (χ1n) is 4.97. The molecule has 0 saturated heterocycles. The van der Waals surface area contributed by atoms with Crippen LogP contribution in [0.4, 0.5) is 0 Å². The van der Waals surface area contributed by atoms with Gasteiger partial charge >= 0.3 is 0 Å². The van der Waals surface area contributed by atoms with E-state index in [2.05, 4.69) is 28.6 Å². The minimum atomic E-state index is 1.05. The summed E-state index contributed by atoms with van der Waals surface area (Å²) < 4.78 is 0. The molecule has 3 heteroatoms. The maximum atomic E-state index is 3.38. The monoisotopic (exact) mass is 181 g/mol. The summed E-state index contributed by atoms with van der Waals surface area (Å²) >= 11 is 0. The molecule has 0 bridgehead atoms. The molecule has 3 N–H and O–H groups in total. The van der Waals surface area contributed by atoms with Crippen molar-refractivity contribution in [3.63, 3.8) is 0 Å². The van der Waals surface area contributed by atoms with Gasteiger partial charge in [-0.05, 0) is 25.1 Å². The van der Waals surface area contributed by atoms with Crippen molar-refractivity contribution >= 4 is 0 Å². The van der Waals surface area contributed by atoms with Crippen LogP contribution in [0, 0.1) is 0 Å². The first kappa shape index (κ1) is 10.3. The van der Waals surface area contributed by atoms with E-state index in [0.29, 0.717) is 0 Å². The van der Waals surface area contributed by atoms with Crippen molar-refractivity contribution in [3.8, 4) is 0 Å². The lowest BCUT2D eigenvalue weighted by Crippen LogP contribution is -2.28. The van der Waals surface area contributed by atoms with E-state index in [9.17, 15) is 0 Å². The van der Waals surface area contributed by atoms with Gasteiger partial charge in [-0.3, -0.25) is 0 Å². The number of rotatable bonds is 7. The Morgan fingerprint density at radius 2 is 2.08 bits per heavy atom. The fourth-order valence-corrected chi connectivity index (χ4v) is 1.22. The van der Waals surface area contributed by atoms with E-state index in [1.165, 1.54) is 5.69 Å². The molecule has 74 valence electrons. The number of nitrogens with one attached hydrogen (secondary N) is 3. The van der Waals surface area contributed by atoms with E-state index in [1.807, 2.05) is 12.3 Å². The van der Waals surface area contributed by atoms with Crippen molar-refractivity contribution in [2.75, 3.05) is 26.2 Å². The normalized spacial score (nSPS) is 10.5. The molecule has 1 aromatic heterocycles. The summed E-state index contributed by atoms with van der Waals surface area (Å²) in [5, 5.41) is 6.65. The van der Waals surface area contributed by atoms with Gasteiger partial charge in [0, 0.05) is 31.5 Å². The molecule has 0 atom stereocenters. The smallest absolute Gasteiger partial charge is 0.0159 e. The molecule has 0 spiro atoms. The average Bonchev–Trinajstić information content (AvgIpc) is 2.63. The third-order valence-electron chi connectivity index (χ3n) is 1.96. The maximum Gasteiger partial charge on any atom is 0.0159 e. The van der Waals surface area contributed by atoms with Crippen LogP contribution in [-0.4, -0.2) is 31.2 Å². The van der Waals surface area contributed by atoms with Gasteiger partial charge in [0.1, 0.15) is 0 Å². The minimum absolute atomic E-state index is 1.05. The molecule has 0 radical (unpaired) electrons. The third kappa shape index (κ3) is 4.70. The van der Waals surface area contributed by atoms with Gasteiger partial charge in [-0.25, -0.2) is 0 Å². The first-order valence-corrected chi connectivity index (χ1v) is 4.97. The molecule has 0 aliphatic heterocycles. The summed E-state index contributed by atoms with van der Waals surface area (Å²) in [6.45, 7) is 6.33. The Kier molecular flexibility index (Phi) is 5.29. The van der Waals surface area contributed by atoms with Gasteiger partial charge in [0.25, 0.3) is 0 Å². The van der Waals surface area contributed by atoms with E-state index in [-0.39, 0.29) is 0 Å². The van der Waals surface area contributed by atoms with Crippen LogP contribution in [0.2, 0.25) is 0 Å². The van der Waals surface area contributed by atoms with E-state index in [1.54, 1.807) is 0 Å². The van der Waals surface area contributed by atoms with Gasteiger partial charge in [-0.1, -0.05) is 6.92 Å². The topological polar surface area (TPSA) is 39.8 Å². The Hall–Kier alpha value is -0.800. The second-order valence-corrected chi connectivity index (χ2v) is 3.05. The SMILES string of the molecule is CCNCCNCCc1ccc[nH]1. The summed E-state index contributed by atoms with van der Waals surface area (Å²) in [6.07, 6.45) is 3.05. The Balaban J connectivity index is 1.90. The van der Waals surface area contributed by atoms with E-state index in [4.69, 9.17) is 0 Å². The largest absolute Gasteiger partial charge is 0.365 e. The molecular weight excluding hydrogens is 162 g/mol. The van der Waals surface area contributed by atoms with Crippen LogP contribution in [0.3, 0.4) is 0 Å². The maximum absolute atomic E-state index is 3.38. The molecule has 0 saturated carbocycles. The number of hydrogen-bond donors (Lipinski definition) is 3.